The van der Waals surface area contributed by atoms with Crippen LogP contribution in [0.4, 0.5) is 0 Å². The van der Waals surface area contributed by atoms with E-state index in [2.05, 4.69) is 40.0 Å². The number of carbonyl (C=O) groups is 4. The van der Waals surface area contributed by atoms with E-state index >= 15 is 0 Å². The fourth-order valence-corrected chi connectivity index (χ4v) is 11.0. The summed E-state index contributed by atoms with van der Waals surface area (Å²) in [6, 6.07) is 0. The topological polar surface area (TPSA) is 107 Å². The Balaban J connectivity index is 1.54. The van der Waals surface area contributed by atoms with Gasteiger partial charge in [-0.3, -0.25) is 19.2 Å². The molecule has 0 saturated heterocycles. The summed E-state index contributed by atoms with van der Waals surface area (Å²) in [5.41, 5.74) is -0.171. The molecule has 5 aliphatic rings. The van der Waals surface area contributed by atoms with Crippen molar-refractivity contribution in [3.8, 4) is 0 Å². The summed E-state index contributed by atoms with van der Waals surface area (Å²) < 4.78 is 11.8. The van der Waals surface area contributed by atoms with E-state index in [0.717, 1.165) is 32.1 Å². The van der Waals surface area contributed by atoms with Crippen LogP contribution in [0, 0.1) is 57.2 Å². The highest BCUT2D eigenvalue weighted by Crippen LogP contribution is 2.87. The second-order valence-corrected chi connectivity index (χ2v) is 14.8. The van der Waals surface area contributed by atoms with Crippen molar-refractivity contribution in [2.75, 3.05) is 0 Å². The van der Waals surface area contributed by atoms with Crippen molar-refractivity contribution < 1.29 is 33.8 Å². The Morgan fingerprint density at radius 3 is 2.31 bits per heavy atom. The number of carbonyl (C=O) groups excluding carboxylic acids is 4. The molecular weight excluding hydrogens is 532 g/mol. The number of allylic oxidation sites excluding steroid dienone is 3. The first-order chi connectivity index (χ1) is 19.5. The van der Waals surface area contributed by atoms with Crippen molar-refractivity contribution in [1.29, 1.82) is 0 Å². The highest BCUT2D eigenvalue weighted by atomic mass is 16.6. The Morgan fingerprint density at radius 1 is 1.05 bits per heavy atom. The predicted molar refractivity (Wildman–Crippen MR) is 158 cm³/mol. The number of esters is 2. The third kappa shape index (κ3) is 4.04. The summed E-state index contributed by atoms with van der Waals surface area (Å²) in [7, 11) is 0. The van der Waals surface area contributed by atoms with Crippen LogP contribution < -0.4 is 0 Å². The number of aliphatic hydroxyl groups excluding tert-OH is 1. The fourth-order valence-electron chi connectivity index (χ4n) is 11.0. The van der Waals surface area contributed by atoms with E-state index in [4.69, 9.17) is 9.47 Å². The molecule has 0 amide bonds. The van der Waals surface area contributed by atoms with Crippen LogP contribution in [-0.2, 0) is 28.7 Å². The Morgan fingerprint density at radius 2 is 1.71 bits per heavy atom. The van der Waals surface area contributed by atoms with Gasteiger partial charge in [-0.15, -0.1) is 0 Å². The Hall–Kier alpha value is -2.70. The monoisotopic (exact) mass is 580 g/mol. The van der Waals surface area contributed by atoms with Crippen molar-refractivity contribution in [2.45, 2.75) is 99.2 Å². The van der Waals surface area contributed by atoms with Crippen molar-refractivity contribution in [1.82, 2.24) is 0 Å². The second-order valence-electron chi connectivity index (χ2n) is 14.8. The van der Waals surface area contributed by atoms with Crippen LogP contribution in [0.25, 0.3) is 0 Å². The van der Waals surface area contributed by atoms with Gasteiger partial charge in [-0.1, -0.05) is 53.9 Å². The van der Waals surface area contributed by atoms with Gasteiger partial charge in [0.15, 0.2) is 17.7 Å². The molecule has 4 saturated carbocycles. The van der Waals surface area contributed by atoms with E-state index in [9.17, 15) is 24.3 Å². The summed E-state index contributed by atoms with van der Waals surface area (Å²) in [6.07, 6.45) is 8.22. The predicted octanol–water partition coefficient (Wildman–Crippen LogP) is 6.32. The molecule has 1 N–H and O–H groups in total. The van der Waals surface area contributed by atoms with Gasteiger partial charge in [0.05, 0.1) is 5.76 Å². The van der Waals surface area contributed by atoms with Gasteiger partial charge in [0.2, 0.25) is 0 Å². The molecule has 2 spiro atoms. The number of hydrogen-bond donors (Lipinski definition) is 1. The molecule has 230 valence electrons. The molecule has 7 nitrogen and oxygen atoms in total. The standard InChI is InChI=1S/C35H48O7/c1-18(22(5)36)19(2)30(40)31(42-24(7)38)21(4)29-27(41-23(6)37)16-33(9)28-11-10-25-20(3)26(39)12-13-34(25)17-35(28,34)15-14-32(29,33)8/h12-13,18,20-21,25,27-29,31,36H,2,5,10-11,14-17H2,1,3-4,6-9H3/t18?,20-,21-,25-,27-,28-,29-,31+,32+,33-,34+,35-/m0/s1. The summed E-state index contributed by atoms with van der Waals surface area (Å²) in [6.45, 7) is 20.5. The quantitative estimate of drug-likeness (QED) is 0.203. The van der Waals surface area contributed by atoms with Crippen LogP contribution in [-0.4, -0.2) is 40.8 Å². The molecule has 7 heteroatoms. The van der Waals surface area contributed by atoms with Crippen molar-refractivity contribution in [3.63, 3.8) is 0 Å². The normalized spacial score (nSPS) is 43.4. The molecule has 1 unspecified atom stereocenters. The van der Waals surface area contributed by atoms with E-state index in [-0.39, 0.29) is 56.6 Å². The van der Waals surface area contributed by atoms with Crippen LogP contribution in [0.5, 0.6) is 0 Å². The molecule has 0 aromatic rings. The Kier molecular flexibility index (Phi) is 7.26. The lowest BCUT2D eigenvalue weighted by atomic mass is 9.43. The van der Waals surface area contributed by atoms with Crippen LogP contribution in [0.1, 0.15) is 87.0 Å². The zero-order chi connectivity index (χ0) is 31.2. The summed E-state index contributed by atoms with van der Waals surface area (Å²) in [4.78, 5) is 51.2. The SMILES string of the molecule is C=C(O)C(C)C(=C)C(=O)[C@H](OC(C)=O)[C@@H](C)[C@H]1[C@@H](OC(C)=O)C[C@@]2(C)[C@@H]3CC[C@H]4[C@H](C)C(=O)C=C[C@@]45C[C@@]35CC[C@]12C. The highest BCUT2D eigenvalue weighted by molar-refractivity contribution is 6.00. The average Bonchev–Trinajstić information content (AvgIpc) is 3.52. The van der Waals surface area contributed by atoms with E-state index in [1.54, 1.807) is 6.92 Å². The molecule has 0 bridgehead atoms. The van der Waals surface area contributed by atoms with Gasteiger partial charge in [-0.2, -0.15) is 0 Å². The minimum Gasteiger partial charge on any atom is -0.512 e. The van der Waals surface area contributed by atoms with Gasteiger partial charge in [-0.25, -0.2) is 0 Å². The van der Waals surface area contributed by atoms with Gasteiger partial charge in [-0.05, 0) is 78.1 Å². The first-order valence-corrected chi connectivity index (χ1v) is 15.7. The maximum Gasteiger partial charge on any atom is 0.303 e. The molecule has 4 fully saturated rings. The molecule has 12 atom stereocenters. The molecule has 5 rings (SSSR count). The minimum atomic E-state index is -1.13. The number of ketones is 2. The lowest BCUT2D eigenvalue weighted by Crippen LogP contribution is -2.56. The number of hydrogen-bond acceptors (Lipinski definition) is 7. The molecule has 5 aliphatic carbocycles. The molecular formula is C35H48O7. The Labute approximate surface area is 250 Å². The number of aliphatic hydroxyl groups is 1. The van der Waals surface area contributed by atoms with Gasteiger partial charge >= 0.3 is 11.9 Å². The van der Waals surface area contributed by atoms with Crippen molar-refractivity contribution >= 4 is 23.5 Å². The smallest absolute Gasteiger partial charge is 0.303 e. The minimum absolute atomic E-state index is 0.0441. The Bertz CT molecular complexity index is 1280. The van der Waals surface area contributed by atoms with Gasteiger partial charge in [0, 0.05) is 43.1 Å². The first-order valence-electron chi connectivity index (χ1n) is 15.7. The van der Waals surface area contributed by atoms with Crippen LogP contribution in [0.15, 0.2) is 36.6 Å². The molecule has 0 radical (unpaired) electrons. The van der Waals surface area contributed by atoms with E-state index in [1.165, 1.54) is 13.8 Å². The lowest BCUT2D eigenvalue weighted by Gasteiger charge is -2.61. The molecule has 0 aliphatic heterocycles. The fraction of sp³-hybridized carbons (Fsp3) is 0.714. The number of Topliss-reactive ketones (excluding diaryl/α,β-unsaturated/α-hetero) is 1. The molecule has 42 heavy (non-hydrogen) atoms. The van der Waals surface area contributed by atoms with E-state index in [0.29, 0.717) is 18.3 Å². The summed E-state index contributed by atoms with van der Waals surface area (Å²) in [5, 5.41) is 9.98. The van der Waals surface area contributed by atoms with Gasteiger partial charge < -0.3 is 14.6 Å². The maximum absolute atomic E-state index is 13.8. The zero-order valence-corrected chi connectivity index (χ0v) is 26.3. The molecule has 0 heterocycles. The first kappa shape index (κ1) is 30.7. The highest BCUT2D eigenvalue weighted by Gasteiger charge is 2.81. The summed E-state index contributed by atoms with van der Waals surface area (Å²) >= 11 is 0. The largest absolute Gasteiger partial charge is 0.512 e. The van der Waals surface area contributed by atoms with E-state index < -0.39 is 35.8 Å². The second kappa shape index (κ2) is 9.92. The van der Waals surface area contributed by atoms with Gasteiger partial charge in [0.25, 0.3) is 0 Å². The van der Waals surface area contributed by atoms with Crippen LogP contribution in [0.3, 0.4) is 0 Å². The number of rotatable bonds is 8. The third-order valence-corrected chi connectivity index (χ3v) is 13.3. The molecule has 0 aromatic heterocycles. The van der Waals surface area contributed by atoms with E-state index in [1.807, 2.05) is 13.0 Å². The van der Waals surface area contributed by atoms with Crippen LogP contribution >= 0.6 is 0 Å². The van der Waals surface area contributed by atoms with Crippen molar-refractivity contribution in [2.24, 2.45) is 57.2 Å². The summed E-state index contributed by atoms with van der Waals surface area (Å²) in [5.74, 6) is -1.93. The average molecular weight is 581 g/mol. The van der Waals surface area contributed by atoms with Crippen LogP contribution in [0.2, 0.25) is 0 Å². The number of ether oxygens (including phenoxy) is 2. The van der Waals surface area contributed by atoms with Gasteiger partial charge in [0.1, 0.15) is 6.10 Å². The third-order valence-electron chi connectivity index (χ3n) is 13.3. The van der Waals surface area contributed by atoms with Crippen molar-refractivity contribution in [3.05, 3.63) is 36.6 Å². The lowest BCUT2D eigenvalue weighted by molar-refractivity contribution is -0.166. The zero-order valence-electron chi connectivity index (χ0n) is 26.3. The number of fused-ring (bicyclic) bond motifs is 2. The molecule has 0 aromatic carbocycles. The maximum atomic E-state index is 13.8.